The molecule has 0 aliphatic rings. The number of rotatable bonds is 5. The van der Waals surface area contributed by atoms with Gasteiger partial charge in [0.15, 0.2) is 0 Å². The van der Waals surface area contributed by atoms with E-state index in [0.717, 1.165) is 12.8 Å². The van der Waals surface area contributed by atoms with Crippen molar-refractivity contribution in [3.05, 3.63) is 22.4 Å². The summed E-state index contributed by atoms with van der Waals surface area (Å²) < 4.78 is 0. The SMILES string of the molecule is CC(C)C(CO)CCc1ccsc1. The normalized spacial score (nSPS) is 13.5. The van der Waals surface area contributed by atoms with Crippen molar-refractivity contribution in [2.24, 2.45) is 11.8 Å². The van der Waals surface area contributed by atoms with E-state index in [2.05, 4.69) is 30.7 Å². The molecule has 74 valence electrons. The molecule has 1 N–H and O–H groups in total. The van der Waals surface area contributed by atoms with Gasteiger partial charge in [-0.25, -0.2) is 0 Å². The van der Waals surface area contributed by atoms with Crippen LogP contribution < -0.4 is 0 Å². The quantitative estimate of drug-likeness (QED) is 0.771. The third kappa shape index (κ3) is 3.49. The topological polar surface area (TPSA) is 20.2 Å². The van der Waals surface area contributed by atoms with Crippen molar-refractivity contribution in [1.29, 1.82) is 0 Å². The molecule has 1 unspecified atom stereocenters. The lowest BCUT2D eigenvalue weighted by atomic mass is 9.91. The van der Waals surface area contributed by atoms with Gasteiger partial charge in [0.05, 0.1) is 0 Å². The van der Waals surface area contributed by atoms with Crippen LogP contribution in [0.15, 0.2) is 16.8 Å². The summed E-state index contributed by atoms with van der Waals surface area (Å²) in [5.74, 6) is 1.04. The molecule has 1 nitrogen and oxygen atoms in total. The van der Waals surface area contributed by atoms with Gasteiger partial charge >= 0.3 is 0 Å². The zero-order valence-electron chi connectivity index (χ0n) is 8.36. The Morgan fingerprint density at radius 2 is 2.23 bits per heavy atom. The lowest BCUT2D eigenvalue weighted by Gasteiger charge is -2.17. The smallest absolute Gasteiger partial charge is 0.0461 e. The van der Waals surface area contributed by atoms with Gasteiger partial charge in [0.25, 0.3) is 0 Å². The molecule has 2 heteroatoms. The number of hydrogen-bond donors (Lipinski definition) is 1. The Morgan fingerprint density at radius 3 is 2.69 bits per heavy atom. The van der Waals surface area contributed by atoms with E-state index in [1.807, 2.05) is 0 Å². The second kappa shape index (κ2) is 5.40. The van der Waals surface area contributed by atoms with Crippen LogP contribution in [0.25, 0.3) is 0 Å². The van der Waals surface area contributed by atoms with Crippen molar-refractivity contribution in [2.45, 2.75) is 26.7 Å². The molecule has 1 rings (SSSR count). The Bertz CT molecular complexity index is 216. The van der Waals surface area contributed by atoms with Gasteiger partial charge in [-0.1, -0.05) is 13.8 Å². The van der Waals surface area contributed by atoms with Gasteiger partial charge in [-0.05, 0) is 47.1 Å². The maximum atomic E-state index is 9.13. The van der Waals surface area contributed by atoms with Gasteiger partial charge in [0.2, 0.25) is 0 Å². The average molecular weight is 198 g/mol. The summed E-state index contributed by atoms with van der Waals surface area (Å²) >= 11 is 1.74. The van der Waals surface area contributed by atoms with Crippen molar-refractivity contribution in [2.75, 3.05) is 6.61 Å². The lowest BCUT2D eigenvalue weighted by molar-refractivity contribution is 0.181. The molecular weight excluding hydrogens is 180 g/mol. The molecule has 1 atom stereocenters. The van der Waals surface area contributed by atoms with Crippen LogP contribution in [-0.4, -0.2) is 11.7 Å². The fraction of sp³-hybridized carbons (Fsp3) is 0.636. The van der Waals surface area contributed by atoms with Crippen molar-refractivity contribution >= 4 is 11.3 Å². The number of aryl methyl sites for hydroxylation is 1. The van der Waals surface area contributed by atoms with Gasteiger partial charge in [-0.15, -0.1) is 0 Å². The first-order valence-electron chi connectivity index (χ1n) is 4.86. The molecule has 0 saturated heterocycles. The maximum absolute atomic E-state index is 9.13. The second-order valence-electron chi connectivity index (χ2n) is 3.86. The molecule has 0 spiro atoms. The van der Waals surface area contributed by atoms with Crippen LogP contribution in [0.3, 0.4) is 0 Å². The van der Waals surface area contributed by atoms with E-state index in [1.54, 1.807) is 11.3 Å². The first kappa shape index (κ1) is 10.7. The summed E-state index contributed by atoms with van der Waals surface area (Å²) in [4.78, 5) is 0. The predicted molar refractivity (Wildman–Crippen MR) is 58.1 cm³/mol. The minimum absolute atomic E-state index is 0.321. The van der Waals surface area contributed by atoms with E-state index in [-0.39, 0.29) is 0 Å². The molecule has 0 saturated carbocycles. The summed E-state index contributed by atoms with van der Waals surface area (Å²) in [6.45, 7) is 4.67. The Balaban J connectivity index is 2.32. The van der Waals surface area contributed by atoms with E-state index < -0.39 is 0 Å². The predicted octanol–water partition coefficient (Wildman–Crippen LogP) is 2.95. The van der Waals surface area contributed by atoms with Crippen LogP contribution in [0.4, 0.5) is 0 Å². The monoisotopic (exact) mass is 198 g/mol. The second-order valence-corrected chi connectivity index (χ2v) is 4.64. The summed E-state index contributed by atoms with van der Waals surface area (Å²) in [7, 11) is 0. The summed E-state index contributed by atoms with van der Waals surface area (Å²) in [6.07, 6.45) is 2.21. The van der Waals surface area contributed by atoms with Crippen molar-refractivity contribution < 1.29 is 5.11 Å². The zero-order chi connectivity index (χ0) is 9.68. The molecule has 1 heterocycles. The van der Waals surface area contributed by atoms with E-state index in [0.29, 0.717) is 18.4 Å². The van der Waals surface area contributed by atoms with Crippen molar-refractivity contribution in [1.82, 2.24) is 0 Å². The van der Waals surface area contributed by atoms with Crippen molar-refractivity contribution in [3.63, 3.8) is 0 Å². The highest BCUT2D eigenvalue weighted by molar-refractivity contribution is 7.07. The molecule has 0 aliphatic heterocycles. The minimum atomic E-state index is 0.321. The van der Waals surface area contributed by atoms with Crippen LogP contribution >= 0.6 is 11.3 Å². The van der Waals surface area contributed by atoms with E-state index in [9.17, 15) is 0 Å². The molecule has 0 radical (unpaired) electrons. The molecule has 0 amide bonds. The molecule has 0 aliphatic carbocycles. The van der Waals surface area contributed by atoms with Crippen LogP contribution in [0.2, 0.25) is 0 Å². The van der Waals surface area contributed by atoms with Crippen LogP contribution in [-0.2, 0) is 6.42 Å². The highest BCUT2D eigenvalue weighted by atomic mass is 32.1. The summed E-state index contributed by atoms with van der Waals surface area (Å²) in [6, 6.07) is 2.17. The van der Waals surface area contributed by atoms with Crippen LogP contribution in [0.1, 0.15) is 25.8 Å². The van der Waals surface area contributed by atoms with Crippen molar-refractivity contribution in [3.8, 4) is 0 Å². The summed E-state index contributed by atoms with van der Waals surface area (Å²) in [5.41, 5.74) is 1.41. The standard InChI is InChI=1S/C11H18OS/c1-9(2)11(7-12)4-3-10-5-6-13-8-10/h5-6,8-9,11-12H,3-4,7H2,1-2H3. The third-order valence-corrected chi connectivity index (χ3v) is 3.29. The van der Waals surface area contributed by atoms with Gasteiger partial charge < -0.3 is 5.11 Å². The zero-order valence-corrected chi connectivity index (χ0v) is 9.18. The fourth-order valence-electron chi connectivity index (χ4n) is 1.42. The van der Waals surface area contributed by atoms with Gasteiger partial charge in [-0.2, -0.15) is 11.3 Å². The molecule has 0 fully saturated rings. The van der Waals surface area contributed by atoms with E-state index in [4.69, 9.17) is 5.11 Å². The fourth-order valence-corrected chi connectivity index (χ4v) is 2.13. The number of thiophene rings is 1. The molecule has 1 aromatic heterocycles. The third-order valence-electron chi connectivity index (χ3n) is 2.56. The minimum Gasteiger partial charge on any atom is -0.396 e. The van der Waals surface area contributed by atoms with E-state index >= 15 is 0 Å². The van der Waals surface area contributed by atoms with Crippen LogP contribution in [0.5, 0.6) is 0 Å². The molecule has 0 bridgehead atoms. The maximum Gasteiger partial charge on any atom is 0.0461 e. The largest absolute Gasteiger partial charge is 0.396 e. The molecular formula is C11H18OS. The van der Waals surface area contributed by atoms with E-state index in [1.165, 1.54) is 5.56 Å². The first-order valence-corrected chi connectivity index (χ1v) is 5.80. The van der Waals surface area contributed by atoms with Gasteiger partial charge in [0, 0.05) is 6.61 Å². The van der Waals surface area contributed by atoms with Gasteiger partial charge in [0.1, 0.15) is 0 Å². The lowest BCUT2D eigenvalue weighted by Crippen LogP contribution is -2.14. The average Bonchev–Trinajstić information content (AvgIpc) is 2.57. The Labute approximate surface area is 84.4 Å². The summed E-state index contributed by atoms with van der Waals surface area (Å²) in [5, 5.41) is 13.4. The van der Waals surface area contributed by atoms with Crippen LogP contribution in [0, 0.1) is 11.8 Å². The first-order chi connectivity index (χ1) is 6.24. The molecule has 13 heavy (non-hydrogen) atoms. The Hall–Kier alpha value is -0.340. The molecule has 0 aromatic carbocycles. The Kier molecular flexibility index (Phi) is 4.46. The highest BCUT2D eigenvalue weighted by Gasteiger charge is 2.11. The number of aliphatic hydroxyl groups excluding tert-OH is 1. The van der Waals surface area contributed by atoms with Gasteiger partial charge in [-0.3, -0.25) is 0 Å². The number of aliphatic hydroxyl groups is 1. The molecule has 1 aromatic rings. The highest BCUT2D eigenvalue weighted by Crippen LogP contribution is 2.18. The number of hydrogen-bond acceptors (Lipinski definition) is 2. The Morgan fingerprint density at radius 1 is 1.46 bits per heavy atom.